The van der Waals surface area contributed by atoms with Crippen LogP contribution in [-0.4, -0.2) is 25.3 Å². The lowest BCUT2D eigenvalue weighted by molar-refractivity contribution is 0.174. The summed E-state index contributed by atoms with van der Waals surface area (Å²) >= 11 is 0. The summed E-state index contributed by atoms with van der Waals surface area (Å²) in [6, 6.07) is 0. The Balaban J connectivity index is 2.35. The maximum absolute atomic E-state index is 8.91. The molecule has 0 radical (unpaired) electrons. The van der Waals surface area contributed by atoms with Crippen LogP contribution >= 0.6 is 0 Å². The van der Waals surface area contributed by atoms with Gasteiger partial charge >= 0.3 is 0 Å². The molecule has 0 spiro atoms. The molecule has 60 valence electrons. The number of hydrogen-bond donors (Lipinski definition) is 2. The van der Waals surface area contributed by atoms with E-state index in [0.29, 0.717) is 17.9 Å². The van der Waals surface area contributed by atoms with E-state index in [1.165, 1.54) is 12.8 Å². The second-order valence-corrected chi connectivity index (χ2v) is 3.48. The number of rotatable bonds is 4. The molecule has 2 heteroatoms. The zero-order valence-electron chi connectivity index (χ0n) is 6.85. The predicted octanol–water partition coefficient (Wildman–Crippen LogP) is 0.614. The summed E-state index contributed by atoms with van der Waals surface area (Å²) in [5, 5.41) is 12.1. The smallest absolute Gasteiger partial charge is 0.0462 e. The molecule has 1 rings (SSSR count). The highest BCUT2D eigenvalue weighted by atomic mass is 16.3. The molecule has 0 aromatic heterocycles. The number of aliphatic hydroxyl groups excluding tert-OH is 1. The Labute approximate surface area is 62.6 Å². The third-order valence-corrected chi connectivity index (χ3v) is 2.74. The van der Waals surface area contributed by atoms with E-state index in [1.807, 2.05) is 7.05 Å². The molecule has 1 aliphatic carbocycles. The molecule has 1 fully saturated rings. The Hall–Kier alpha value is -0.0800. The molecule has 0 aliphatic heterocycles. The minimum Gasteiger partial charge on any atom is -0.396 e. The van der Waals surface area contributed by atoms with Crippen molar-refractivity contribution in [2.75, 3.05) is 20.2 Å². The third kappa shape index (κ3) is 1.32. The summed E-state index contributed by atoms with van der Waals surface area (Å²) in [4.78, 5) is 0. The Morgan fingerprint density at radius 1 is 1.60 bits per heavy atom. The second kappa shape index (κ2) is 2.89. The molecular formula is C8H17NO. The number of nitrogens with one attached hydrogen (secondary N) is 1. The van der Waals surface area contributed by atoms with Gasteiger partial charge in [0.25, 0.3) is 0 Å². The molecule has 2 N–H and O–H groups in total. The van der Waals surface area contributed by atoms with Crippen LogP contribution in [0.3, 0.4) is 0 Å². The van der Waals surface area contributed by atoms with Crippen molar-refractivity contribution in [2.24, 2.45) is 11.3 Å². The van der Waals surface area contributed by atoms with Gasteiger partial charge < -0.3 is 10.4 Å². The first-order valence-corrected chi connectivity index (χ1v) is 4.00. The van der Waals surface area contributed by atoms with Gasteiger partial charge in [0.05, 0.1) is 0 Å². The largest absolute Gasteiger partial charge is 0.396 e. The number of aliphatic hydroxyl groups is 1. The zero-order chi connectivity index (χ0) is 7.61. The topological polar surface area (TPSA) is 32.3 Å². The van der Waals surface area contributed by atoms with E-state index in [0.717, 1.165) is 6.54 Å². The average molecular weight is 143 g/mol. The highest BCUT2D eigenvalue weighted by Gasteiger charge is 2.45. The van der Waals surface area contributed by atoms with E-state index in [1.54, 1.807) is 0 Å². The van der Waals surface area contributed by atoms with E-state index in [-0.39, 0.29) is 0 Å². The van der Waals surface area contributed by atoms with Crippen molar-refractivity contribution >= 4 is 0 Å². The van der Waals surface area contributed by atoms with Crippen LogP contribution in [0.15, 0.2) is 0 Å². The fraction of sp³-hybridized carbons (Fsp3) is 1.00. The van der Waals surface area contributed by atoms with Crippen molar-refractivity contribution < 1.29 is 5.11 Å². The van der Waals surface area contributed by atoms with Crippen molar-refractivity contribution in [1.82, 2.24) is 5.32 Å². The first kappa shape index (κ1) is 8.02. The van der Waals surface area contributed by atoms with Crippen LogP contribution in [0.25, 0.3) is 0 Å². The summed E-state index contributed by atoms with van der Waals surface area (Å²) in [6.07, 6.45) is 2.57. The monoisotopic (exact) mass is 143 g/mol. The maximum Gasteiger partial charge on any atom is 0.0462 e. The molecule has 0 amide bonds. The highest BCUT2D eigenvalue weighted by molar-refractivity contribution is 4.97. The van der Waals surface area contributed by atoms with E-state index in [9.17, 15) is 0 Å². The molecule has 0 heterocycles. The Morgan fingerprint density at radius 3 is 2.50 bits per heavy atom. The first-order valence-electron chi connectivity index (χ1n) is 4.00. The molecule has 0 bridgehead atoms. The van der Waals surface area contributed by atoms with Crippen molar-refractivity contribution in [1.29, 1.82) is 0 Å². The molecule has 0 saturated heterocycles. The van der Waals surface area contributed by atoms with Crippen LogP contribution in [0.5, 0.6) is 0 Å². The third-order valence-electron chi connectivity index (χ3n) is 2.74. The van der Waals surface area contributed by atoms with Crippen molar-refractivity contribution in [3.05, 3.63) is 0 Å². The Kier molecular flexibility index (Phi) is 2.32. The van der Waals surface area contributed by atoms with Gasteiger partial charge in [-0.25, -0.2) is 0 Å². The maximum atomic E-state index is 8.91. The zero-order valence-corrected chi connectivity index (χ0v) is 6.85. The van der Waals surface area contributed by atoms with Crippen LogP contribution in [0.1, 0.15) is 19.8 Å². The normalized spacial score (nSPS) is 24.3. The van der Waals surface area contributed by atoms with Gasteiger partial charge in [-0.05, 0) is 31.2 Å². The number of hydrogen-bond acceptors (Lipinski definition) is 2. The van der Waals surface area contributed by atoms with Crippen LogP contribution in [0.4, 0.5) is 0 Å². The average Bonchev–Trinajstić information content (AvgIpc) is 2.69. The second-order valence-electron chi connectivity index (χ2n) is 3.48. The van der Waals surface area contributed by atoms with Gasteiger partial charge in [0, 0.05) is 13.2 Å². The molecule has 1 atom stereocenters. The SMILES string of the molecule is CNCC1(C(C)CO)CC1. The van der Waals surface area contributed by atoms with Gasteiger partial charge in [0.2, 0.25) is 0 Å². The van der Waals surface area contributed by atoms with Crippen molar-refractivity contribution in [2.45, 2.75) is 19.8 Å². The summed E-state index contributed by atoms with van der Waals surface area (Å²) in [7, 11) is 1.98. The summed E-state index contributed by atoms with van der Waals surface area (Å²) < 4.78 is 0. The molecular weight excluding hydrogens is 126 g/mol. The van der Waals surface area contributed by atoms with Crippen LogP contribution in [0, 0.1) is 11.3 Å². The van der Waals surface area contributed by atoms with Gasteiger partial charge in [-0.1, -0.05) is 6.92 Å². The predicted molar refractivity (Wildman–Crippen MR) is 41.8 cm³/mol. The fourth-order valence-electron chi connectivity index (χ4n) is 1.55. The molecule has 10 heavy (non-hydrogen) atoms. The Bertz CT molecular complexity index is 110. The Morgan fingerprint density at radius 2 is 2.20 bits per heavy atom. The van der Waals surface area contributed by atoms with E-state index in [4.69, 9.17) is 5.11 Å². The lowest BCUT2D eigenvalue weighted by atomic mass is 9.91. The molecule has 2 nitrogen and oxygen atoms in total. The van der Waals surface area contributed by atoms with E-state index >= 15 is 0 Å². The molecule has 0 aromatic carbocycles. The minimum absolute atomic E-state index is 0.335. The lowest BCUT2D eigenvalue weighted by Crippen LogP contribution is -2.27. The molecule has 0 aromatic rings. The van der Waals surface area contributed by atoms with Crippen LogP contribution in [0.2, 0.25) is 0 Å². The minimum atomic E-state index is 0.335. The van der Waals surface area contributed by atoms with Gasteiger partial charge in [-0.3, -0.25) is 0 Å². The van der Waals surface area contributed by atoms with Crippen LogP contribution in [-0.2, 0) is 0 Å². The van der Waals surface area contributed by atoms with Crippen LogP contribution < -0.4 is 5.32 Å². The summed E-state index contributed by atoms with van der Waals surface area (Å²) in [5.74, 6) is 0.472. The van der Waals surface area contributed by atoms with Gasteiger partial charge in [0.1, 0.15) is 0 Å². The van der Waals surface area contributed by atoms with Crippen molar-refractivity contribution in [3.8, 4) is 0 Å². The van der Waals surface area contributed by atoms with E-state index < -0.39 is 0 Å². The van der Waals surface area contributed by atoms with Gasteiger partial charge in [-0.2, -0.15) is 0 Å². The summed E-state index contributed by atoms with van der Waals surface area (Å²) in [5.41, 5.74) is 0.448. The lowest BCUT2D eigenvalue weighted by Gasteiger charge is -2.20. The first-order chi connectivity index (χ1) is 4.75. The quantitative estimate of drug-likeness (QED) is 0.604. The molecule has 1 unspecified atom stereocenters. The molecule has 1 aliphatic rings. The van der Waals surface area contributed by atoms with Gasteiger partial charge in [0.15, 0.2) is 0 Å². The highest BCUT2D eigenvalue weighted by Crippen LogP contribution is 2.51. The summed E-state index contributed by atoms with van der Waals surface area (Å²) in [6.45, 7) is 3.53. The fourth-order valence-corrected chi connectivity index (χ4v) is 1.55. The van der Waals surface area contributed by atoms with Gasteiger partial charge in [-0.15, -0.1) is 0 Å². The van der Waals surface area contributed by atoms with E-state index in [2.05, 4.69) is 12.2 Å². The molecule has 1 saturated carbocycles. The standard InChI is InChI=1S/C8H17NO/c1-7(5-10)8(3-4-8)6-9-2/h7,9-10H,3-6H2,1-2H3. The van der Waals surface area contributed by atoms with Crippen molar-refractivity contribution in [3.63, 3.8) is 0 Å².